The molecule has 0 aliphatic carbocycles. The Labute approximate surface area is 71.7 Å². The van der Waals surface area contributed by atoms with E-state index in [0.717, 1.165) is 0 Å². The predicted octanol–water partition coefficient (Wildman–Crippen LogP) is -1.31. The van der Waals surface area contributed by atoms with Crippen LogP contribution < -0.4 is 0 Å². The molecule has 0 spiro atoms. The second kappa shape index (κ2) is 3.58. The SMILES string of the molecule is O=P(O)(O)O.[Sr]. The molecule has 0 fully saturated rings. The molecule has 6 heteroatoms. The molecule has 0 aliphatic heterocycles. The summed E-state index contributed by atoms with van der Waals surface area (Å²) in [5.41, 5.74) is 0. The molecule has 0 saturated carbocycles. The molecular weight excluding hydrogens is 183 g/mol. The van der Waals surface area contributed by atoms with E-state index in [1.54, 1.807) is 0 Å². The summed E-state index contributed by atoms with van der Waals surface area (Å²) in [6, 6.07) is 0. The minimum absolute atomic E-state index is 0. The first-order valence-corrected chi connectivity index (χ1v) is 2.35. The molecule has 0 bridgehead atoms. The first kappa shape index (κ1) is 10.5. The van der Waals surface area contributed by atoms with Crippen molar-refractivity contribution in [2.45, 2.75) is 0 Å². The Morgan fingerprint density at radius 2 is 1.17 bits per heavy atom. The van der Waals surface area contributed by atoms with Crippen LogP contribution in [0, 0.1) is 0 Å². The Morgan fingerprint density at radius 1 is 1.17 bits per heavy atom. The van der Waals surface area contributed by atoms with Gasteiger partial charge in [-0.25, -0.2) is 4.57 Å². The van der Waals surface area contributed by atoms with E-state index < -0.39 is 7.82 Å². The van der Waals surface area contributed by atoms with Crippen LogP contribution in [0.25, 0.3) is 0 Å². The average Bonchev–Trinajstić information content (AvgIpc) is 0.722. The zero-order chi connectivity index (χ0) is 4.50. The van der Waals surface area contributed by atoms with Crippen molar-refractivity contribution in [3.05, 3.63) is 0 Å². The number of hydrogen-bond donors (Lipinski definition) is 3. The summed E-state index contributed by atoms with van der Waals surface area (Å²) in [5, 5.41) is 0. The molecule has 3 N–H and O–H groups in total. The fourth-order valence-corrected chi connectivity index (χ4v) is 0. The van der Waals surface area contributed by atoms with Gasteiger partial charge in [0.25, 0.3) is 0 Å². The Hall–Kier alpha value is 1.59. The summed E-state index contributed by atoms with van der Waals surface area (Å²) in [7, 11) is -4.64. The molecule has 4 nitrogen and oxygen atoms in total. The number of hydrogen-bond acceptors (Lipinski definition) is 1. The summed E-state index contributed by atoms with van der Waals surface area (Å²) in [6.45, 7) is 0. The Balaban J connectivity index is 0. The fraction of sp³-hybridized carbons (Fsp3) is 0. The van der Waals surface area contributed by atoms with Gasteiger partial charge in [0.2, 0.25) is 0 Å². The van der Waals surface area contributed by atoms with Gasteiger partial charge in [-0.15, -0.1) is 0 Å². The predicted molar refractivity (Wildman–Crippen MR) is 20.0 cm³/mol. The third-order valence-corrected chi connectivity index (χ3v) is 0. The molecular formula is H3O4PSr. The van der Waals surface area contributed by atoms with Crippen LogP contribution in [0.5, 0.6) is 0 Å². The maximum atomic E-state index is 8.88. The summed E-state index contributed by atoms with van der Waals surface area (Å²) >= 11 is 0. The summed E-state index contributed by atoms with van der Waals surface area (Å²) in [6.07, 6.45) is 0. The fourth-order valence-electron chi connectivity index (χ4n) is 0. The Kier molecular flexibility index (Phi) is 6.29. The second-order valence-corrected chi connectivity index (χ2v) is 1.54. The molecule has 6 heavy (non-hydrogen) atoms. The Morgan fingerprint density at radius 3 is 1.17 bits per heavy atom. The molecule has 0 aliphatic rings. The molecule has 0 saturated heterocycles. The normalized spacial score (nSPS) is 9.83. The number of phosphoric acid groups is 1. The van der Waals surface area contributed by atoms with Gasteiger partial charge >= 0.3 is 7.82 Å². The number of rotatable bonds is 0. The maximum absolute atomic E-state index is 8.88. The van der Waals surface area contributed by atoms with Crippen molar-refractivity contribution in [3.8, 4) is 0 Å². The molecule has 0 aromatic carbocycles. The molecule has 0 atom stereocenters. The van der Waals surface area contributed by atoms with E-state index in [4.69, 9.17) is 19.2 Å². The van der Waals surface area contributed by atoms with Crippen LogP contribution in [-0.2, 0) is 4.57 Å². The van der Waals surface area contributed by atoms with Gasteiger partial charge < -0.3 is 14.7 Å². The average molecular weight is 186 g/mol. The van der Waals surface area contributed by atoms with Gasteiger partial charge in [-0.1, -0.05) is 0 Å². The molecule has 34 valence electrons. The van der Waals surface area contributed by atoms with Crippen LogP contribution in [0.2, 0.25) is 0 Å². The first-order valence-electron chi connectivity index (χ1n) is 0.783. The molecule has 0 heterocycles. The monoisotopic (exact) mass is 186 g/mol. The van der Waals surface area contributed by atoms with Gasteiger partial charge in [-0.3, -0.25) is 0 Å². The second-order valence-electron chi connectivity index (χ2n) is 0.513. The molecule has 0 aromatic heterocycles. The van der Waals surface area contributed by atoms with Crippen molar-refractivity contribution in [1.82, 2.24) is 0 Å². The molecule has 0 amide bonds. The summed E-state index contributed by atoms with van der Waals surface area (Å²) in [4.78, 5) is 21.6. The van der Waals surface area contributed by atoms with Crippen LogP contribution >= 0.6 is 7.82 Å². The zero-order valence-electron chi connectivity index (χ0n) is 2.90. The van der Waals surface area contributed by atoms with E-state index in [1.165, 1.54) is 0 Å². The van der Waals surface area contributed by atoms with E-state index >= 15 is 0 Å². The molecule has 0 unspecified atom stereocenters. The van der Waals surface area contributed by atoms with Gasteiger partial charge in [0.15, 0.2) is 0 Å². The third kappa shape index (κ3) is 46.6. The zero-order valence-corrected chi connectivity index (χ0v) is 7.27. The van der Waals surface area contributed by atoms with Gasteiger partial charge in [-0.2, -0.15) is 0 Å². The van der Waals surface area contributed by atoms with Crippen molar-refractivity contribution in [2.24, 2.45) is 0 Å². The van der Waals surface area contributed by atoms with E-state index in [0.29, 0.717) is 0 Å². The van der Waals surface area contributed by atoms with Crippen molar-refractivity contribution >= 4 is 53.3 Å². The molecule has 0 rings (SSSR count). The van der Waals surface area contributed by atoms with Crippen LogP contribution in [0.3, 0.4) is 0 Å². The van der Waals surface area contributed by atoms with Gasteiger partial charge in [0.1, 0.15) is 0 Å². The minimum atomic E-state index is -4.64. The van der Waals surface area contributed by atoms with Gasteiger partial charge in [0, 0.05) is 45.5 Å². The van der Waals surface area contributed by atoms with Crippen LogP contribution in [-0.4, -0.2) is 60.2 Å². The molecule has 0 aromatic rings. The smallest absolute Gasteiger partial charge is 0.303 e. The minimum Gasteiger partial charge on any atom is -0.303 e. The van der Waals surface area contributed by atoms with Crippen LogP contribution in [0.1, 0.15) is 0 Å². The summed E-state index contributed by atoms with van der Waals surface area (Å²) in [5.74, 6) is 0. The van der Waals surface area contributed by atoms with Gasteiger partial charge in [0.05, 0.1) is 0 Å². The third-order valence-electron chi connectivity index (χ3n) is 0. The molecule has 2 radical (unpaired) electrons. The van der Waals surface area contributed by atoms with Crippen molar-refractivity contribution in [3.63, 3.8) is 0 Å². The van der Waals surface area contributed by atoms with E-state index in [-0.39, 0.29) is 45.5 Å². The summed E-state index contributed by atoms with van der Waals surface area (Å²) < 4.78 is 8.88. The van der Waals surface area contributed by atoms with Gasteiger partial charge in [-0.05, 0) is 0 Å². The van der Waals surface area contributed by atoms with Crippen molar-refractivity contribution < 1.29 is 19.2 Å². The quantitative estimate of drug-likeness (QED) is 0.324. The van der Waals surface area contributed by atoms with Crippen LogP contribution in [0.4, 0.5) is 0 Å². The van der Waals surface area contributed by atoms with Crippen molar-refractivity contribution in [1.29, 1.82) is 0 Å². The first-order chi connectivity index (χ1) is 2.00. The van der Waals surface area contributed by atoms with E-state index in [1.807, 2.05) is 0 Å². The standard InChI is InChI=1S/H3O4P.Sr/c1-5(2,3)4;/h(H3,1,2,3,4);. The van der Waals surface area contributed by atoms with E-state index in [2.05, 4.69) is 0 Å². The Bertz CT molecular complexity index is 53.7. The maximum Gasteiger partial charge on any atom is 0.466 e. The van der Waals surface area contributed by atoms with Crippen molar-refractivity contribution in [2.75, 3.05) is 0 Å². The van der Waals surface area contributed by atoms with Crippen LogP contribution in [0.15, 0.2) is 0 Å². The largest absolute Gasteiger partial charge is 0.466 e. The van der Waals surface area contributed by atoms with E-state index in [9.17, 15) is 0 Å². The topological polar surface area (TPSA) is 77.8 Å².